The molecule has 0 spiro atoms. The van der Waals surface area contributed by atoms with Crippen LogP contribution in [0.15, 0.2) is 30.2 Å². The van der Waals surface area contributed by atoms with Gasteiger partial charge in [-0.3, -0.25) is 0 Å². The fourth-order valence-corrected chi connectivity index (χ4v) is 1.94. The van der Waals surface area contributed by atoms with E-state index in [2.05, 4.69) is 27.1 Å². The second kappa shape index (κ2) is 6.88. The number of urea groups is 1. The van der Waals surface area contributed by atoms with Gasteiger partial charge in [-0.05, 0) is 19.4 Å². The highest BCUT2D eigenvalue weighted by atomic mass is 16.2. The summed E-state index contributed by atoms with van der Waals surface area (Å²) in [5.41, 5.74) is 1.16. The number of piperazine rings is 1. The number of hydrogen-bond acceptors (Lipinski definition) is 4. The second-order valence-corrected chi connectivity index (χ2v) is 4.82. The summed E-state index contributed by atoms with van der Waals surface area (Å²) in [6.07, 6.45) is 6.20. The van der Waals surface area contributed by atoms with Gasteiger partial charge in [0.25, 0.3) is 0 Å². The zero-order valence-electron chi connectivity index (χ0n) is 12.0. The molecule has 0 aromatic carbocycles. The van der Waals surface area contributed by atoms with Gasteiger partial charge in [-0.25, -0.2) is 14.8 Å². The summed E-state index contributed by atoms with van der Waals surface area (Å²) in [7, 11) is 0. The number of allylic oxidation sites excluding steroid dienone is 1. The molecule has 0 aliphatic carbocycles. The number of carbonyl (C=O) groups excluding carboxylic acids is 1. The highest BCUT2D eigenvalue weighted by Crippen LogP contribution is 2.09. The Kier molecular flexibility index (Phi) is 4.92. The van der Waals surface area contributed by atoms with Crippen LogP contribution in [0.3, 0.4) is 0 Å². The van der Waals surface area contributed by atoms with E-state index in [4.69, 9.17) is 0 Å². The largest absolute Gasteiger partial charge is 0.337 e. The van der Waals surface area contributed by atoms with Gasteiger partial charge in [0, 0.05) is 44.8 Å². The molecule has 2 heterocycles. The van der Waals surface area contributed by atoms with Gasteiger partial charge in [0.05, 0.1) is 0 Å². The molecule has 2 rings (SSSR count). The Labute approximate surface area is 119 Å². The van der Waals surface area contributed by atoms with Gasteiger partial charge in [-0.2, -0.15) is 0 Å². The smallest absolute Gasteiger partial charge is 0.321 e. The Morgan fingerprint density at radius 1 is 1.30 bits per heavy atom. The zero-order chi connectivity index (χ0) is 14.4. The minimum absolute atomic E-state index is 0.0357. The molecule has 1 aromatic rings. The first kappa shape index (κ1) is 14.3. The van der Waals surface area contributed by atoms with E-state index in [0.717, 1.165) is 31.0 Å². The molecule has 1 saturated heterocycles. The summed E-state index contributed by atoms with van der Waals surface area (Å²) in [4.78, 5) is 24.4. The maximum atomic E-state index is 12.0. The molecular formula is C14H21N5O. The number of rotatable bonds is 3. The molecule has 0 bridgehead atoms. The predicted molar refractivity (Wildman–Crippen MR) is 78.4 cm³/mol. The van der Waals surface area contributed by atoms with E-state index in [1.165, 1.54) is 0 Å². The third-order valence-corrected chi connectivity index (χ3v) is 3.40. The zero-order valence-corrected chi connectivity index (χ0v) is 12.0. The number of anilines is 1. The standard InChI is InChI=1S/C14H21N5O/c1-3-12(2)11-17-14(20)19-9-7-18(8-10-19)13-15-5-4-6-16-13/h4-6,11H,3,7-10H2,1-2H3,(H,17,20)/b12-11+. The monoisotopic (exact) mass is 275 g/mol. The van der Waals surface area contributed by atoms with E-state index in [-0.39, 0.29) is 6.03 Å². The maximum absolute atomic E-state index is 12.0. The number of aromatic nitrogens is 2. The van der Waals surface area contributed by atoms with Crippen LogP contribution in [0.4, 0.5) is 10.7 Å². The van der Waals surface area contributed by atoms with Crippen LogP contribution in [0.5, 0.6) is 0 Å². The molecule has 1 fully saturated rings. The van der Waals surface area contributed by atoms with Gasteiger partial charge in [0.2, 0.25) is 5.95 Å². The fraction of sp³-hybridized carbons (Fsp3) is 0.500. The highest BCUT2D eigenvalue weighted by Gasteiger charge is 2.21. The molecule has 0 unspecified atom stereocenters. The summed E-state index contributed by atoms with van der Waals surface area (Å²) in [5, 5.41) is 2.83. The first-order valence-corrected chi connectivity index (χ1v) is 6.93. The molecule has 6 nitrogen and oxygen atoms in total. The van der Waals surface area contributed by atoms with Crippen molar-refractivity contribution in [3.05, 3.63) is 30.2 Å². The summed E-state index contributed by atoms with van der Waals surface area (Å²) in [6.45, 7) is 6.95. The van der Waals surface area contributed by atoms with Crippen molar-refractivity contribution in [1.82, 2.24) is 20.2 Å². The van der Waals surface area contributed by atoms with Crippen LogP contribution in [0.2, 0.25) is 0 Å². The SMILES string of the molecule is CC/C(C)=C/NC(=O)N1CCN(c2ncccn2)CC1. The van der Waals surface area contributed by atoms with Crippen molar-refractivity contribution in [2.24, 2.45) is 0 Å². The third kappa shape index (κ3) is 3.69. The van der Waals surface area contributed by atoms with Crippen LogP contribution in [-0.2, 0) is 0 Å². The third-order valence-electron chi connectivity index (χ3n) is 3.40. The van der Waals surface area contributed by atoms with Gasteiger partial charge >= 0.3 is 6.03 Å². The number of nitrogens with zero attached hydrogens (tertiary/aromatic N) is 4. The average molecular weight is 275 g/mol. The topological polar surface area (TPSA) is 61.4 Å². The van der Waals surface area contributed by atoms with E-state index < -0.39 is 0 Å². The van der Waals surface area contributed by atoms with Crippen molar-refractivity contribution >= 4 is 12.0 Å². The normalized spacial score (nSPS) is 16.2. The van der Waals surface area contributed by atoms with Crippen molar-refractivity contribution in [2.45, 2.75) is 20.3 Å². The number of hydrogen-bond donors (Lipinski definition) is 1. The first-order chi connectivity index (χ1) is 9.70. The quantitative estimate of drug-likeness (QED) is 0.910. The van der Waals surface area contributed by atoms with E-state index in [9.17, 15) is 4.79 Å². The molecule has 1 aromatic heterocycles. The van der Waals surface area contributed by atoms with E-state index in [0.29, 0.717) is 13.1 Å². The Morgan fingerprint density at radius 2 is 1.95 bits per heavy atom. The van der Waals surface area contributed by atoms with Crippen molar-refractivity contribution < 1.29 is 4.79 Å². The van der Waals surface area contributed by atoms with Gasteiger partial charge in [-0.1, -0.05) is 12.5 Å². The Hall–Kier alpha value is -2.11. The summed E-state index contributed by atoms with van der Waals surface area (Å²) in [6, 6.07) is 1.77. The van der Waals surface area contributed by atoms with E-state index >= 15 is 0 Å². The van der Waals surface area contributed by atoms with Gasteiger partial charge in [0.15, 0.2) is 0 Å². The van der Waals surface area contributed by atoms with Crippen LogP contribution < -0.4 is 10.2 Å². The van der Waals surface area contributed by atoms with Crippen molar-refractivity contribution in [3.63, 3.8) is 0 Å². The Balaban J connectivity index is 1.84. The Morgan fingerprint density at radius 3 is 2.55 bits per heavy atom. The van der Waals surface area contributed by atoms with E-state index in [1.54, 1.807) is 24.7 Å². The second-order valence-electron chi connectivity index (χ2n) is 4.82. The minimum atomic E-state index is -0.0357. The molecule has 20 heavy (non-hydrogen) atoms. The molecule has 0 atom stereocenters. The lowest BCUT2D eigenvalue weighted by Crippen LogP contribution is -2.51. The molecule has 2 amide bonds. The van der Waals surface area contributed by atoms with Crippen molar-refractivity contribution in [2.75, 3.05) is 31.1 Å². The Bertz CT molecular complexity index is 466. The lowest BCUT2D eigenvalue weighted by atomic mass is 10.2. The highest BCUT2D eigenvalue weighted by molar-refractivity contribution is 5.75. The van der Waals surface area contributed by atoms with Crippen LogP contribution in [-0.4, -0.2) is 47.1 Å². The van der Waals surface area contributed by atoms with Crippen molar-refractivity contribution in [1.29, 1.82) is 0 Å². The molecular weight excluding hydrogens is 254 g/mol. The van der Waals surface area contributed by atoms with Gasteiger partial charge < -0.3 is 15.1 Å². The number of nitrogens with one attached hydrogen (secondary N) is 1. The summed E-state index contributed by atoms with van der Waals surface area (Å²) in [5.74, 6) is 0.731. The number of carbonyl (C=O) groups is 1. The molecule has 1 aliphatic heterocycles. The number of amides is 2. The molecule has 108 valence electrons. The van der Waals surface area contributed by atoms with Crippen LogP contribution in [0.1, 0.15) is 20.3 Å². The van der Waals surface area contributed by atoms with Crippen molar-refractivity contribution in [3.8, 4) is 0 Å². The summed E-state index contributed by atoms with van der Waals surface area (Å²) < 4.78 is 0. The van der Waals surface area contributed by atoms with E-state index in [1.807, 2.05) is 11.8 Å². The average Bonchev–Trinajstić information content (AvgIpc) is 2.53. The minimum Gasteiger partial charge on any atom is -0.337 e. The molecule has 0 saturated carbocycles. The lowest BCUT2D eigenvalue weighted by molar-refractivity contribution is 0.198. The van der Waals surface area contributed by atoms with Crippen LogP contribution in [0.25, 0.3) is 0 Å². The maximum Gasteiger partial charge on any atom is 0.321 e. The molecule has 1 N–H and O–H groups in total. The van der Waals surface area contributed by atoms with Crippen LogP contribution in [0, 0.1) is 0 Å². The first-order valence-electron chi connectivity index (χ1n) is 6.93. The molecule has 6 heteroatoms. The van der Waals surface area contributed by atoms with Crippen LogP contribution >= 0.6 is 0 Å². The van der Waals surface area contributed by atoms with Gasteiger partial charge in [-0.15, -0.1) is 0 Å². The molecule has 0 radical (unpaired) electrons. The lowest BCUT2D eigenvalue weighted by Gasteiger charge is -2.34. The molecule has 1 aliphatic rings. The summed E-state index contributed by atoms with van der Waals surface area (Å²) >= 11 is 0. The predicted octanol–water partition coefficient (Wildman–Crippen LogP) is 1.62. The van der Waals surface area contributed by atoms with Gasteiger partial charge in [0.1, 0.15) is 0 Å². The fourth-order valence-electron chi connectivity index (χ4n) is 1.94.